The number of nitrogens with one attached hydrogen (secondary N) is 2. The Labute approximate surface area is 123 Å². The molecular weight excluding hydrogens is 288 g/mol. The minimum absolute atomic E-state index is 0.0612. The molecule has 21 heavy (non-hydrogen) atoms. The van der Waals surface area contributed by atoms with E-state index in [1.807, 2.05) is 6.07 Å². The zero-order valence-electron chi connectivity index (χ0n) is 11.3. The van der Waals surface area contributed by atoms with Crippen molar-refractivity contribution in [1.29, 1.82) is 5.41 Å². The average molecular weight is 304 g/mol. The molecule has 0 bridgehead atoms. The van der Waals surface area contributed by atoms with Gasteiger partial charge < -0.3 is 5.73 Å². The maximum Gasteiger partial charge on any atom is 0.233 e. The van der Waals surface area contributed by atoms with E-state index in [0.717, 1.165) is 5.69 Å². The number of nitrogens with two attached hydrogens (primary N) is 1. The predicted molar refractivity (Wildman–Crippen MR) is 82.8 cm³/mol. The lowest BCUT2D eigenvalue weighted by Gasteiger charge is -2.09. The van der Waals surface area contributed by atoms with Crippen molar-refractivity contribution in [2.45, 2.75) is 6.42 Å². The highest BCUT2D eigenvalue weighted by Gasteiger charge is 2.11. The highest BCUT2D eigenvalue weighted by atomic mass is 32.2. The van der Waals surface area contributed by atoms with Gasteiger partial charge in [0.15, 0.2) is 0 Å². The molecule has 0 saturated carbocycles. The normalized spacial score (nSPS) is 11.0. The molecule has 0 amide bonds. The van der Waals surface area contributed by atoms with Crippen LogP contribution >= 0.6 is 0 Å². The smallest absolute Gasteiger partial charge is 0.233 e. The number of nitrogen functional groups attached to an aromatic ring is 1. The number of nitrogens with zero attached hydrogens (tertiary/aromatic N) is 1. The summed E-state index contributed by atoms with van der Waals surface area (Å²) in [6.45, 7) is 0. The fourth-order valence-corrected chi connectivity index (χ4v) is 2.83. The first kappa shape index (κ1) is 15.0. The third-order valence-electron chi connectivity index (χ3n) is 2.80. The van der Waals surface area contributed by atoms with Crippen molar-refractivity contribution in [3.63, 3.8) is 0 Å². The molecule has 0 aliphatic heterocycles. The maximum absolute atomic E-state index is 12.0. The first-order valence-electron chi connectivity index (χ1n) is 6.31. The van der Waals surface area contributed by atoms with E-state index in [0.29, 0.717) is 17.7 Å². The summed E-state index contributed by atoms with van der Waals surface area (Å²) in [7, 11) is -3.48. The molecule has 0 saturated heterocycles. The number of anilines is 1. The van der Waals surface area contributed by atoms with Crippen molar-refractivity contribution in [2.75, 3.05) is 10.5 Å². The Morgan fingerprint density at radius 3 is 2.71 bits per heavy atom. The molecule has 0 atom stereocenters. The van der Waals surface area contributed by atoms with E-state index >= 15 is 0 Å². The van der Waals surface area contributed by atoms with Gasteiger partial charge in [0.2, 0.25) is 10.0 Å². The second-order valence-electron chi connectivity index (χ2n) is 4.49. The summed E-state index contributed by atoms with van der Waals surface area (Å²) in [6, 6.07) is 11.8. The van der Waals surface area contributed by atoms with Gasteiger partial charge in [0.1, 0.15) is 5.84 Å². The van der Waals surface area contributed by atoms with Crippen LogP contribution in [-0.2, 0) is 16.4 Å². The number of hydrogen-bond acceptors (Lipinski definition) is 4. The Morgan fingerprint density at radius 2 is 2.05 bits per heavy atom. The number of sulfonamides is 1. The van der Waals surface area contributed by atoms with Crippen molar-refractivity contribution < 1.29 is 8.42 Å². The lowest BCUT2D eigenvalue weighted by molar-refractivity contribution is 0.600. The molecule has 0 unspecified atom stereocenters. The lowest BCUT2D eigenvalue weighted by atomic mass is 10.2. The van der Waals surface area contributed by atoms with Crippen LogP contribution in [0.2, 0.25) is 0 Å². The number of pyridine rings is 1. The van der Waals surface area contributed by atoms with E-state index < -0.39 is 10.0 Å². The first-order valence-corrected chi connectivity index (χ1v) is 7.96. The van der Waals surface area contributed by atoms with Crippen LogP contribution in [0.1, 0.15) is 11.3 Å². The first-order chi connectivity index (χ1) is 9.96. The Bertz CT molecular complexity index is 730. The standard InChI is InChI=1S/C14H16N4O2S/c15-14(16)11-4-3-6-13(10-11)18-21(19,20)9-7-12-5-1-2-8-17-12/h1-6,8,10,18H,7,9H2,(H3,15,16). The van der Waals surface area contributed by atoms with Crippen LogP contribution in [0.25, 0.3) is 0 Å². The molecular formula is C14H16N4O2S. The quantitative estimate of drug-likeness (QED) is 0.553. The van der Waals surface area contributed by atoms with Crippen LogP contribution in [0.5, 0.6) is 0 Å². The van der Waals surface area contributed by atoms with Crippen LogP contribution in [0.3, 0.4) is 0 Å². The minimum atomic E-state index is -3.48. The Balaban J connectivity index is 2.04. The summed E-state index contributed by atoms with van der Waals surface area (Å²) in [5, 5.41) is 7.35. The van der Waals surface area contributed by atoms with Crippen molar-refractivity contribution in [3.8, 4) is 0 Å². The van der Waals surface area contributed by atoms with Crippen LogP contribution < -0.4 is 10.5 Å². The monoisotopic (exact) mass is 304 g/mol. The van der Waals surface area contributed by atoms with Crippen LogP contribution in [0.4, 0.5) is 5.69 Å². The molecule has 0 fully saturated rings. The van der Waals surface area contributed by atoms with Crippen LogP contribution in [-0.4, -0.2) is 25.0 Å². The summed E-state index contributed by atoms with van der Waals surface area (Å²) in [6.07, 6.45) is 1.97. The van der Waals surface area contributed by atoms with Gasteiger partial charge in [-0.25, -0.2) is 8.42 Å². The van der Waals surface area contributed by atoms with E-state index in [1.54, 1.807) is 36.5 Å². The summed E-state index contributed by atoms with van der Waals surface area (Å²) >= 11 is 0. The number of aryl methyl sites for hydroxylation is 1. The molecule has 6 nitrogen and oxygen atoms in total. The van der Waals surface area contributed by atoms with E-state index in [-0.39, 0.29) is 11.6 Å². The summed E-state index contributed by atoms with van der Waals surface area (Å²) < 4.78 is 26.5. The van der Waals surface area contributed by atoms with Gasteiger partial charge in [-0.05, 0) is 24.3 Å². The van der Waals surface area contributed by atoms with Gasteiger partial charge in [-0.2, -0.15) is 0 Å². The van der Waals surface area contributed by atoms with Crippen molar-refractivity contribution in [1.82, 2.24) is 4.98 Å². The molecule has 1 aromatic carbocycles. The van der Waals surface area contributed by atoms with Crippen LogP contribution in [0.15, 0.2) is 48.7 Å². The maximum atomic E-state index is 12.0. The van der Waals surface area contributed by atoms with Crippen molar-refractivity contribution in [2.24, 2.45) is 5.73 Å². The SMILES string of the molecule is N=C(N)c1cccc(NS(=O)(=O)CCc2ccccn2)c1. The van der Waals surface area contributed by atoms with Gasteiger partial charge in [0, 0.05) is 29.6 Å². The highest BCUT2D eigenvalue weighted by molar-refractivity contribution is 7.92. The molecule has 1 heterocycles. The van der Waals surface area contributed by atoms with Gasteiger partial charge in [-0.1, -0.05) is 18.2 Å². The topological polar surface area (TPSA) is 109 Å². The Kier molecular flexibility index (Phi) is 4.54. The number of benzene rings is 1. The number of amidine groups is 1. The summed E-state index contributed by atoms with van der Waals surface area (Å²) in [5.74, 6) is -0.168. The minimum Gasteiger partial charge on any atom is -0.384 e. The predicted octanol–water partition coefficient (Wildman–Crippen LogP) is 1.35. The molecule has 110 valence electrons. The summed E-state index contributed by atoms with van der Waals surface area (Å²) in [5.41, 5.74) is 6.97. The molecule has 1 aromatic heterocycles. The van der Waals surface area contributed by atoms with E-state index in [4.69, 9.17) is 11.1 Å². The Hall–Kier alpha value is -2.41. The van der Waals surface area contributed by atoms with Crippen LogP contribution in [0, 0.1) is 5.41 Å². The molecule has 2 rings (SSSR count). The molecule has 0 spiro atoms. The van der Waals surface area contributed by atoms with Gasteiger partial charge >= 0.3 is 0 Å². The van der Waals surface area contributed by atoms with Gasteiger partial charge in [-0.3, -0.25) is 15.1 Å². The zero-order valence-corrected chi connectivity index (χ0v) is 12.1. The second kappa shape index (κ2) is 6.36. The number of aromatic nitrogens is 1. The lowest BCUT2D eigenvalue weighted by Crippen LogP contribution is -2.19. The van der Waals surface area contributed by atoms with Gasteiger partial charge in [0.25, 0.3) is 0 Å². The molecule has 0 aliphatic carbocycles. The molecule has 7 heteroatoms. The third-order valence-corrected chi connectivity index (χ3v) is 4.09. The van der Waals surface area contributed by atoms with Crippen molar-refractivity contribution >= 4 is 21.5 Å². The van der Waals surface area contributed by atoms with Gasteiger partial charge in [0.05, 0.1) is 5.75 Å². The average Bonchev–Trinajstić information content (AvgIpc) is 2.46. The fraction of sp³-hybridized carbons (Fsp3) is 0.143. The molecule has 0 radical (unpaired) electrons. The molecule has 4 N–H and O–H groups in total. The van der Waals surface area contributed by atoms with E-state index in [9.17, 15) is 8.42 Å². The fourth-order valence-electron chi connectivity index (χ4n) is 1.77. The number of rotatable bonds is 6. The summed E-state index contributed by atoms with van der Waals surface area (Å²) in [4.78, 5) is 4.09. The van der Waals surface area contributed by atoms with Crippen molar-refractivity contribution in [3.05, 3.63) is 59.9 Å². The largest absolute Gasteiger partial charge is 0.384 e. The third kappa shape index (κ3) is 4.57. The molecule has 0 aliphatic rings. The molecule has 2 aromatic rings. The highest BCUT2D eigenvalue weighted by Crippen LogP contribution is 2.12. The second-order valence-corrected chi connectivity index (χ2v) is 6.33. The Morgan fingerprint density at radius 1 is 1.24 bits per heavy atom. The number of hydrogen-bond donors (Lipinski definition) is 3. The van der Waals surface area contributed by atoms with E-state index in [2.05, 4.69) is 9.71 Å². The van der Waals surface area contributed by atoms with E-state index in [1.165, 1.54) is 6.07 Å². The van der Waals surface area contributed by atoms with Gasteiger partial charge in [-0.15, -0.1) is 0 Å². The zero-order chi connectivity index (χ0) is 15.3.